The molecule has 3 N–H and O–H groups in total. The molecule has 0 aromatic heterocycles. The van der Waals surface area contributed by atoms with Crippen LogP contribution in [0.25, 0.3) is 0 Å². The van der Waals surface area contributed by atoms with Gasteiger partial charge in [0.1, 0.15) is 13.2 Å². The third-order valence-electron chi connectivity index (χ3n) is 14.8. The van der Waals surface area contributed by atoms with Crippen LogP contribution in [0.2, 0.25) is 0 Å². The Morgan fingerprint density at radius 2 is 0.800 bits per heavy atom. The minimum absolute atomic E-state index is 0.0768. The van der Waals surface area contributed by atoms with Crippen LogP contribution in [0.1, 0.15) is 316 Å². The lowest BCUT2D eigenvalue weighted by atomic mass is 10.0. The summed E-state index contributed by atoms with van der Waals surface area (Å²) < 4.78 is 23.8. The maximum absolute atomic E-state index is 13.0. The number of hydrogen-bond acceptors (Lipinski definition) is 5. The van der Waals surface area contributed by atoms with Crippen LogP contribution in [-0.2, 0) is 18.4 Å². The smallest absolute Gasteiger partial charge is 0.391 e. The summed E-state index contributed by atoms with van der Waals surface area (Å²) >= 11 is 0. The first-order valence-corrected chi connectivity index (χ1v) is 34.0. The van der Waals surface area contributed by atoms with Crippen molar-refractivity contribution in [2.75, 3.05) is 40.9 Å². The largest absolute Gasteiger partial charge is 0.472 e. The van der Waals surface area contributed by atoms with Crippen LogP contribution in [0.3, 0.4) is 0 Å². The van der Waals surface area contributed by atoms with Crippen LogP contribution in [0.5, 0.6) is 0 Å². The van der Waals surface area contributed by atoms with Gasteiger partial charge < -0.3 is 19.8 Å². The SMILES string of the molecule is CC/C=C\C/C=C\C/C=C\C/C=C\CCCCCCCCCCCCCCCCCCCCCCCCCCCCCCC(=O)NC(COP(=O)(O)OCC[N+](C)(C)C)C(O)CCCCCCCCCCCCCC. The summed E-state index contributed by atoms with van der Waals surface area (Å²) in [6.07, 6.45) is 76.5. The monoisotopic (exact) mass is 1080 g/mol. The highest BCUT2D eigenvalue weighted by Crippen LogP contribution is 2.43. The van der Waals surface area contributed by atoms with Crippen molar-refractivity contribution in [1.29, 1.82) is 0 Å². The zero-order chi connectivity index (χ0) is 54.9. The maximum Gasteiger partial charge on any atom is 0.472 e. The van der Waals surface area contributed by atoms with Crippen molar-refractivity contribution < 1.29 is 32.9 Å². The molecule has 0 bridgehead atoms. The molecule has 0 radical (unpaired) electrons. The van der Waals surface area contributed by atoms with Crippen molar-refractivity contribution in [3.8, 4) is 0 Å². The number of unbranched alkanes of at least 4 members (excludes halogenated alkanes) is 39. The number of aliphatic hydroxyl groups is 1. The summed E-state index contributed by atoms with van der Waals surface area (Å²) in [5.41, 5.74) is 0. The normalized spacial score (nSPS) is 14.1. The number of allylic oxidation sites excluding steroid dienone is 8. The molecular weight excluding hydrogens is 948 g/mol. The number of nitrogens with zero attached hydrogens (tertiary/aromatic N) is 1. The minimum atomic E-state index is -4.32. The molecule has 0 rings (SSSR count). The zero-order valence-corrected chi connectivity index (χ0v) is 51.4. The Hall–Kier alpha value is -1.54. The van der Waals surface area contributed by atoms with Gasteiger partial charge in [0, 0.05) is 6.42 Å². The topological polar surface area (TPSA) is 105 Å². The van der Waals surface area contributed by atoms with E-state index in [1.165, 1.54) is 225 Å². The van der Waals surface area contributed by atoms with Crippen molar-refractivity contribution in [2.24, 2.45) is 0 Å². The van der Waals surface area contributed by atoms with Gasteiger partial charge in [-0.3, -0.25) is 13.8 Å². The number of aliphatic hydroxyl groups excluding tert-OH is 1. The average Bonchev–Trinajstić information content (AvgIpc) is 3.37. The molecule has 0 spiro atoms. The van der Waals surface area contributed by atoms with Crippen LogP contribution in [0, 0.1) is 0 Å². The van der Waals surface area contributed by atoms with Crippen molar-refractivity contribution in [1.82, 2.24) is 5.32 Å². The van der Waals surface area contributed by atoms with Gasteiger partial charge >= 0.3 is 7.82 Å². The fourth-order valence-electron chi connectivity index (χ4n) is 9.81. The molecule has 0 saturated carbocycles. The van der Waals surface area contributed by atoms with Gasteiger partial charge in [0.25, 0.3) is 0 Å². The number of rotatable bonds is 60. The number of nitrogens with one attached hydrogen (secondary N) is 1. The van der Waals surface area contributed by atoms with Crippen molar-refractivity contribution >= 4 is 13.7 Å². The van der Waals surface area contributed by atoms with Gasteiger partial charge in [0.05, 0.1) is 39.9 Å². The van der Waals surface area contributed by atoms with Crippen LogP contribution in [0.15, 0.2) is 48.6 Å². The second kappa shape index (κ2) is 57.2. The highest BCUT2D eigenvalue weighted by molar-refractivity contribution is 7.47. The molecular formula is C66H128N2O6P+. The molecule has 442 valence electrons. The molecule has 75 heavy (non-hydrogen) atoms. The molecule has 3 atom stereocenters. The first kappa shape index (κ1) is 73.5. The predicted molar refractivity (Wildman–Crippen MR) is 327 cm³/mol. The summed E-state index contributed by atoms with van der Waals surface area (Å²) in [7, 11) is 1.63. The summed E-state index contributed by atoms with van der Waals surface area (Å²) in [5, 5.41) is 14.0. The van der Waals surface area contributed by atoms with Crippen LogP contribution in [0.4, 0.5) is 0 Å². The quantitative estimate of drug-likeness (QED) is 0.0243. The Labute approximate surface area is 467 Å². The first-order valence-electron chi connectivity index (χ1n) is 32.5. The Balaban J connectivity index is 3.79. The third kappa shape index (κ3) is 60.0. The molecule has 0 aliphatic carbocycles. The van der Waals surface area contributed by atoms with Crippen molar-refractivity contribution in [2.45, 2.75) is 328 Å². The van der Waals surface area contributed by atoms with E-state index in [1.54, 1.807) is 0 Å². The molecule has 0 aliphatic rings. The highest BCUT2D eigenvalue weighted by atomic mass is 31.2. The van der Waals surface area contributed by atoms with Gasteiger partial charge in [-0.05, 0) is 51.4 Å². The summed E-state index contributed by atoms with van der Waals surface area (Å²) in [4.78, 5) is 23.3. The summed E-state index contributed by atoms with van der Waals surface area (Å²) in [5.74, 6) is -0.139. The van der Waals surface area contributed by atoms with Gasteiger partial charge in [-0.2, -0.15) is 0 Å². The maximum atomic E-state index is 13.0. The lowest BCUT2D eigenvalue weighted by Crippen LogP contribution is -2.46. The third-order valence-corrected chi connectivity index (χ3v) is 15.8. The first-order chi connectivity index (χ1) is 36.5. The Kier molecular flexibility index (Phi) is 56.0. The number of amides is 1. The van der Waals surface area contributed by atoms with Crippen LogP contribution >= 0.6 is 7.82 Å². The highest BCUT2D eigenvalue weighted by Gasteiger charge is 2.28. The average molecular weight is 1080 g/mol. The number of hydrogen-bond donors (Lipinski definition) is 3. The number of carbonyl (C=O) groups is 1. The molecule has 0 fully saturated rings. The fourth-order valence-corrected chi connectivity index (χ4v) is 10.5. The molecule has 0 saturated heterocycles. The Morgan fingerprint density at radius 1 is 0.467 bits per heavy atom. The molecule has 0 aromatic carbocycles. The number of carbonyl (C=O) groups excluding carboxylic acids is 1. The standard InChI is InChI=1S/C66H127N2O6P/c1-6-8-10-12-14-16-18-20-21-22-23-24-25-26-27-28-29-30-31-32-33-34-35-36-37-38-39-40-41-42-43-44-45-46-47-48-50-52-54-56-58-60-66(70)67-64(63-74-75(71,72)73-62-61-68(3,4)5)65(69)59-57-55-53-51-49-19-17-15-13-11-9-7-2/h8,10,14,16,20-21,23-24,64-65,69H,6-7,9,11-13,15,17-19,22,25-63H2,1-5H3,(H-,67,70,71,72)/p+1/b10-8-,16-14-,21-20-,24-23-. The lowest BCUT2D eigenvalue weighted by Gasteiger charge is -2.26. The fraction of sp³-hybridized carbons (Fsp3) is 0.864. The number of phosphoric ester groups is 1. The van der Waals surface area contributed by atoms with Gasteiger partial charge in [0.15, 0.2) is 0 Å². The van der Waals surface area contributed by atoms with E-state index in [0.29, 0.717) is 23.9 Å². The lowest BCUT2D eigenvalue weighted by molar-refractivity contribution is -0.870. The van der Waals surface area contributed by atoms with E-state index in [4.69, 9.17) is 9.05 Å². The number of phosphoric acid groups is 1. The van der Waals surface area contributed by atoms with E-state index in [-0.39, 0.29) is 19.1 Å². The van der Waals surface area contributed by atoms with E-state index >= 15 is 0 Å². The number of quaternary nitrogens is 1. The molecule has 0 heterocycles. The van der Waals surface area contributed by atoms with Crippen molar-refractivity contribution in [3.05, 3.63) is 48.6 Å². The van der Waals surface area contributed by atoms with Crippen molar-refractivity contribution in [3.63, 3.8) is 0 Å². The van der Waals surface area contributed by atoms with Crippen LogP contribution in [-0.4, -0.2) is 73.4 Å². The van der Waals surface area contributed by atoms with Crippen LogP contribution < -0.4 is 5.32 Å². The number of likely N-dealkylation sites (N-methyl/N-ethyl adjacent to an activating group) is 1. The Bertz CT molecular complexity index is 1360. The molecule has 0 aliphatic heterocycles. The second-order valence-corrected chi connectivity index (χ2v) is 24.9. The summed E-state index contributed by atoms with van der Waals surface area (Å²) in [6, 6.07) is -0.757. The van der Waals surface area contributed by atoms with E-state index in [9.17, 15) is 19.4 Å². The van der Waals surface area contributed by atoms with E-state index in [0.717, 1.165) is 64.2 Å². The second-order valence-electron chi connectivity index (χ2n) is 23.5. The zero-order valence-electron chi connectivity index (χ0n) is 50.6. The van der Waals surface area contributed by atoms with E-state index in [2.05, 4.69) is 67.8 Å². The van der Waals surface area contributed by atoms with Gasteiger partial charge in [-0.25, -0.2) is 4.57 Å². The van der Waals surface area contributed by atoms with E-state index in [1.807, 2.05) is 21.1 Å². The molecule has 9 heteroatoms. The van der Waals surface area contributed by atoms with Gasteiger partial charge in [0.2, 0.25) is 5.91 Å². The molecule has 0 aromatic rings. The van der Waals surface area contributed by atoms with Gasteiger partial charge in [-0.15, -0.1) is 0 Å². The summed E-state index contributed by atoms with van der Waals surface area (Å²) in [6.45, 7) is 4.80. The Morgan fingerprint density at radius 3 is 1.17 bits per heavy atom. The molecule has 8 nitrogen and oxygen atoms in total. The predicted octanol–water partition coefficient (Wildman–Crippen LogP) is 20.3. The minimum Gasteiger partial charge on any atom is -0.391 e. The van der Waals surface area contributed by atoms with E-state index < -0.39 is 20.0 Å². The molecule has 1 amide bonds. The van der Waals surface area contributed by atoms with Gasteiger partial charge in [-0.1, -0.05) is 306 Å². The molecule has 3 unspecified atom stereocenters.